The molecule has 1 aromatic heterocycles. The summed E-state index contributed by atoms with van der Waals surface area (Å²) in [4.78, 5) is 18.3. The van der Waals surface area contributed by atoms with E-state index >= 15 is 0 Å². The first-order chi connectivity index (χ1) is 14.6. The summed E-state index contributed by atoms with van der Waals surface area (Å²) in [5.74, 6) is 0. The second kappa shape index (κ2) is 7.42. The van der Waals surface area contributed by atoms with Gasteiger partial charge in [0.05, 0.1) is 24.6 Å². The second-order valence-corrected chi connectivity index (χ2v) is 8.08. The summed E-state index contributed by atoms with van der Waals surface area (Å²) in [6, 6.07) is 0. The zero-order chi connectivity index (χ0) is 20.8. The van der Waals surface area contributed by atoms with Gasteiger partial charge in [-0.25, -0.2) is 0 Å². The number of fused-ring (bicyclic) bond motifs is 7. The van der Waals surface area contributed by atoms with E-state index < -0.39 is 0 Å². The largest absolute Gasteiger partial charge is 0.659 e. The molecular formula is C24H27N6-. The Kier molecular flexibility index (Phi) is 4.72. The van der Waals surface area contributed by atoms with Crippen LogP contribution in [-0.4, -0.2) is 38.5 Å². The molecule has 5 rings (SSSR count). The number of hydrogen-bond acceptors (Lipinski definition) is 5. The first kappa shape index (κ1) is 19.1. The summed E-state index contributed by atoms with van der Waals surface area (Å²) in [6.07, 6.45) is 12.3. The molecule has 0 saturated heterocycles. The van der Waals surface area contributed by atoms with Gasteiger partial charge in [0.15, 0.2) is 0 Å². The van der Waals surface area contributed by atoms with Crippen LogP contribution in [0, 0.1) is 20.3 Å². The Labute approximate surface area is 179 Å². The van der Waals surface area contributed by atoms with E-state index in [-0.39, 0.29) is 0 Å². The highest BCUT2D eigenvalue weighted by molar-refractivity contribution is 6.06. The number of rotatable bonds is 2. The van der Waals surface area contributed by atoms with Crippen molar-refractivity contribution in [2.75, 3.05) is 13.2 Å². The molecule has 30 heavy (non-hydrogen) atoms. The van der Waals surface area contributed by atoms with Crippen molar-refractivity contribution in [2.24, 2.45) is 4.99 Å². The quantitative estimate of drug-likeness (QED) is 0.759. The summed E-state index contributed by atoms with van der Waals surface area (Å²) >= 11 is 0. The van der Waals surface area contributed by atoms with Gasteiger partial charge in [0, 0.05) is 31.3 Å². The monoisotopic (exact) mass is 399 g/mol. The van der Waals surface area contributed by atoms with Crippen molar-refractivity contribution in [3.05, 3.63) is 77.5 Å². The van der Waals surface area contributed by atoms with Crippen molar-refractivity contribution in [1.82, 2.24) is 24.6 Å². The smallest absolute Gasteiger partial charge is 0.209 e. The van der Waals surface area contributed by atoms with Crippen LogP contribution in [-0.2, 0) is 13.0 Å². The third-order valence-electron chi connectivity index (χ3n) is 6.17. The van der Waals surface area contributed by atoms with Crippen LogP contribution in [0.2, 0.25) is 0 Å². The Morgan fingerprint density at radius 2 is 1.60 bits per heavy atom. The predicted octanol–water partition coefficient (Wildman–Crippen LogP) is 3.68. The molecule has 0 saturated carbocycles. The SMILES string of the molecule is CCC1=C(C)/C2=C/c3[n-]c(c(CC)c3C)CN3[C]N(C=C3)CN3[C]N(C=C3)CC1=N2. The van der Waals surface area contributed by atoms with Gasteiger partial charge in [-0.1, -0.05) is 31.1 Å². The summed E-state index contributed by atoms with van der Waals surface area (Å²) < 4.78 is 0. The van der Waals surface area contributed by atoms with Crippen molar-refractivity contribution in [3.63, 3.8) is 0 Å². The highest BCUT2D eigenvalue weighted by Gasteiger charge is 2.25. The van der Waals surface area contributed by atoms with E-state index in [4.69, 9.17) is 9.98 Å². The third-order valence-corrected chi connectivity index (χ3v) is 6.17. The number of hydrogen-bond donors (Lipinski definition) is 0. The summed E-state index contributed by atoms with van der Waals surface area (Å²) in [5, 5.41) is 0. The fraction of sp³-hybridized carbons (Fsp3) is 0.375. The van der Waals surface area contributed by atoms with E-state index in [0.717, 1.165) is 48.7 Å². The van der Waals surface area contributed by atoms with Gasteiger partial charge in [-0.3, -0.25) is 4.99 Å². The van der Waals surface area contributed by atoms with Crippen LogP contribution < -0.4 is 4.98 Å². The zero-order valence-electron chi connectivity index (χ0n) is 18.1. The van der Waals surface area contributed by atoms with Crippen LogP contribution >= 0.6 is 0 Å². The van der Waals surface area contributed by atoms with E-state index in [1.165, 1.54) is 22.3 Å². The van der Waals surface area contributed by atoms with Gasteiger partial charge in [0.2, 0.25) is 13.3 Å². The molecule has 5 heterocycles. The molecular weight excluding hydrogens is 372 g/mol. The van der Waals surface area contributed by atoms with Crippen LogP contribution in [0.4, 0.5) is 0 Å². The molecule has 0 spiro atoms. The molecule has 0 unspecified atom stereocenters. The maximum atomic E-state index is 5.02. The maximum absolute atomic E-state index is 5.02. The van der Waals surface area contributed by atoms with Gasteiger partial charge in [-0.15, -0.1) is 11.4 Å². The van der Waals surface area contributed by atoms with Crippen LogP contribution in [0.5, 0.6) is 0 Å². The molecule has 4 radical (unpaired) electrons. The Bertz CT molecular complexity index is 1010. The normalized spacial score (nSPS) is 22.4. The summed E-state index contributed by atoms with van der Waals surface area (Å²) in [7, 11) is 0. The first-order valence-corrected chi connectivity index (χ1v) is 10.7. The molecule has 8 bridgehead atoms. The van der Waals surface area contributed by atoms with Gasteiger partial charge in [0.25, 0.3) is 0 Å². The predicted molar refractivity (Wildman–Crippen MR) is 118 cm³/mol. The lowest BCUT2D eigenvalue weighted by Gasteiger charge is -2.26. The molecule has 0 aliphatic carbocycles. The van der Waals surface area contributed by atoms with E-state index in [9.17, 15) is 0 Å². The lowest BCUT2D eigenvalue weighted by molar-refractivity contribution is 0.239. The number of nitrogens with zero attached hydrogens (tertiary/aromatic N) is 6. The van der Waals surface area contributed by atoms with Crippen LogP contribution in [0.25, 0.3) is 6.08 Å². The topological polar surface area (TPSA) is 39.4 Å². The minimum absolute atomic E-state index is 0.673. The van der Waals surface area contributed by atoms with Gasteiger partial charge in [0.1, 0.15) is 0 Å². The molecule has 0 atom stereocenters. The van der Waals surface area contributed by atoms with Gasteiger partial charge in [-0.2, -0.15) is 0 Å². The standard InChI is InChI=1S/C24H27N6/c1-5-19-17(3)21-11-22-18(4)20(6-2)24(26-22)13-28-8-10-30(15-28)16-29-9-7-27(14-29)12-23(19)25-21/h7-11H,5-6,12-13,16H2,1-4H3/q-1/b21-11-. The molecule has 4 aliphatic rings. The highest BCUT2D eigenvalue weighted by Crippen LogP contribution is 2.32. The van der Waals surface area contributed by atoms with Gasteiger partial charge in [-0.05, 0) is 37.8 Å². The average Bonchev–Trinajstić information content (AvgIpc) is 3.47. The molecule has 154 valence electrons. The first-order valence-electron chi connectivity index (χ1n) is 10.7. The van der Waals surface area contributed by atoms with Crippen molar-refractivity contribution < 1.29 is 0 Å². The lowest BCUT2D eigenvalue weighted by Crippen LogP contribution is -2.31. The molecule has 6 nitrogen and oxygen atoms in total. The van der Waals surface area contributed by atoms with E-state index in [0.29, 0.717) is 6.67 Å². The summed E-state index contributed by atoms with van der Waals surface area (Å²) in [5.41, 5.74) is 9.50. The Morgan fingerprint density at radius 3 is 2.27 bits per heavy atom. The average molecular weight is 400 g/mol. The van der Waals surface area contributed by atoms with E-state index in [2.05, 4.69) is 69.3 Å². The molecule has 1 aromatic rings. The van der Waals surface area contributed by atoms with Crippen molar-refractivity contribution in [1.29, 1.82) is 0 Å². The van der Waals surface area contributed by atoms with E-state index in [1.54, 1.807) is 0 Å². The fourth-order valence-electron chi connectivity index (χ4n) is 4.55. The number of allylic oxidation sites excluding steroid dienone is 1. The maximum Gasteiger partial charge on any atom is 0.209 e. The molecule has 6 heteroatoms. The van der Waals surface area contributed by atoms with Gasteiger partial charge < -0.3 is 24.6 Å². The minimum Gasteiger partial charge on any atom is -0.659 e. The number of aliphatic imine (C=N–C) groups is 1. The van der Waals surface area contributed by atoms with Crippen molar-refractivity contribution >= 4 is 11.8 Å². The highest BCUT2D eigenvalue weighted by atomic mass is 15.4. The van der Waals surface area contributed by atoms with Gasteiger partial charge >= 0.3 is 0 Å². The van der Waals surface area contributed by atoms with Crippen molar-refractivity contribution in [2.45, 2.75) is 47.1 Å². The Balaban J connectivity index is 1.57. The summed E-state index contributed by atoms with van der Waals surface area (Å²) in [6.45, 7) is 17.7. The minimum atomic E-state index is 0.673. The van der Waals surface area contributed by atoms with Crippen LogP contribution in [0.3, 0.4) is 0 Å². The molecule has 0 aromatic carbocycles. The van der Waals surface area contributed by atoms with Crippen LogP contribution in [0.15, 0.2) is 46.6 Å². The van der Waals surface area contributed by atoms with Crippen molar-refractivity contribution in [3.8, 4) is 0 Å². The molecule has 0 N–H and O–H groups in total. The molecule has 0 amide bonds. The molecule has 0 fully saturated rings. The van der Waals surface area contributed by atoms with E-state index in [1.807, 2.05) is 22.2 Å². The Morgan fingerprint density at radius 1 is 0.933 bits per heavy atom. The zero-order valence-corrected chi connectivity index (χ0v) is 18.1. The second-order valence-electron chi connectivity index (χ2n) is 8.08. The third kappa shape index (κ3) is 3.24. The number of aromatic nitrogens is 1. The Hall–Kier alpha value is -2.89. The fourth-order valence-corrected chi connectivity index (χ4v) is 4.55. The lowest BCUT2D eigenvalue weighted by atomic mass is 10.0. The molecule has 4 aliphatic heterocycles. The van der Waals surface area contributed by atoms with Crippen LogP contribution in [0.1, 0.15) is 49.7 Å².